The van der Waals surface area contributed by atoms with Crippen molar-refractivity contribution in [2.75, 3.05) is 0 Å². The van der Waals surface area contributed by atoms with Gasteiger partial charge in [-0.25, -0.2) is 0 Å². The molecule has 0 aliphatic carbocycles. The largest absolute Gasteiger partial charge is 0.473 e. The molecule has 1 heterocycles. The van der Waals surface area contributed by atoms with Gasteiger partial charge in [-0.15, -0.1) is 0 Å². The average molecular weight is 441 g/mol. The number of rotatable bonds is 3. The monoisotopic (exact) mass is 440 g/mol. The number of esters is 1. The second kappa shape index (κ2) is 8.11. The lowest BCUT2D eigenvalue weighted by molar-refractivity contribution is -0.181. The Balaban J connectivity index is 1.82. The van der Waals surface area contributed by atoms with Crippen LogP contribution in [0.25, 0.3) is 21.5 Å². The highest BCUT2D eigenvalue weighted by Crippen LogP contribution is 2.50. The van der Waals surface area contributed by atoms with Gasteiger partial charge < -0.3 is 14.2 Å². The van der Waals surface area contributed by atoms with Gasteiger partial charge in [0.15, 0.2) is 17.6 Å². The van der Waals surface area contributed by atoms with Crippen molar-refractivity contribution in [1.82, 2.24) is 0 Å². The van der Waals surface area contributed by atoms with Crippen LogP contribution in [0, 0.1) is 13.8 Å². The van der Waals surface area contributed by atoms with Crippen molar-refractivity contribution in [3.05, 3.63) is 82.9 Å². The fraction of sp³-hybridized carbons (Fsp3) is 0.276. The zero-order valence-electron chi connectivity index (χ0n) is 19.6. The first-order chi connectivity index (χ1) is 15.8. The molecule has 0 spiro atoms. The Labute approximate surface area is 194 Å². The van der Waals surface area contributed by atoms with E-state index in [9.17, 15) is 4.79 Å². The zero-order chi connectivity index (χ0) is 23.3. The van der Waals surface area contributed by atoms with Crippen molar-refractivity contribution in [3.8, 4) is 11.5 Å². The van der Waals surface area contributed by atoms with Crippen LogP contribution in [0.2, 0.25) is 0 Å². The molecule has 1 aliphatic rings. The van der Waals surface area contributed by atoms with Gasteiger partial charge in [0.2, 0.25) is 0 Å². The van der Waals surface area contributed by atoms with E-state index in [1.807, 2.05) is 30.3 Å². The molecular formula is C29H28O4. The highest BCUT2D eigenvalue weighted by atomic mass is 16.7. The number of fused-ring (bicyclic) bond motifs is 5. The van der Waals surface area contributed by atoms with E-state index in [0.29, 0.717) is 11.5 Å². The number of carbonyl (C=O) groups is 1. The van der Waals surface area contributed by atoms with E-state index in [0.717, 1.165) is 27.3 Å². The molecule has 168 valence electrons. The molecule has 0 saturated carbocycles. The molecule has 0 fully saturated rings. The summed E-state index contributed by atoms with van der Waals surface area (Å²) < 4.78 is 18.8. The average Bonchev–Trinajstić information content (AvgIpc) is 2.80. The maximum Gasteiger partial charge on any atom is 0.305 e. The Kier molecular flexibility index (Phi) is 5.24. The first kappa shape index (κ1) is 21.3. The normalized spacial score (nSPS) is 17.5. The van der Waals surface area contributed by atoms with Gasteiger partial charge in [-0.05, 0) is 58.7 Å². The minimum Gasteiger partial charge on any atom is -0.473 e. The number of hydrogen-bond donors (Lipinski definition) is 0. The van der Waals surface area contributed by atoms with Crippen LogP contribution in [0.1, 0.15) is 55.0 Å². The summed E-state index contributed by atoms with van der Waals surface area (Å²) in [7, 11) is 0. The second-order valence-electron chi connectivity index (χ2n) is 9.09. The third-order valence-electron chi connectivity index (χ3n) is 6.54. The lowest BCUT2D eigenvalue weighted by Gasteiger charge is -2.35. The van der Waals surface area contributed by atoms with Crippen molar-refractivity contribution >= 4 is 27.5 Å². The summed E-state index contributed by atoms with van der Waals surface area (Å²) in [6.45, 7) is 9.93. The molecule has 2 atom stereocenters. The minimum absolute atomic E-state index is 0.202. The molecule has 4 aromatic rings. The van der Waals surface area contributed by atoms with Gasteiger partial charge in [0.1, 0.15) is 0 Å². The van der Waals surface area contributed by atoms with Gasteiger partial charge in [0.05, 0.1) is 0 Å². The van der Waals surface area contributed by atoms with Crippen molar-refractivity contribution in [2.45, 2.75) is 52.9 Å². The van der Waals surface area contributed by atoms with E-state index in [4.69, 9.17) is 14.2 Å². The fourth-order valence-electron chi connectivity index (χ4n) is 4.67. The van der Waals surface area contributed by atoms with E-state index in [1.165, 1.54) is 23.4 Å². The van der Waals surface area contributed by atoms with Crippen molar-refractivity contribution in [1.29, 1.82) is 0 Å². The van der Waals surface area contributed by atoms with Crippen molar-refractivity contribution in [2.24, 2.45) is 0 Å². The summed E-state index contributed by atoms with van der Waals surface area (Å²) in [6, 6.07) is 20.6. The van der Waals surface area contributed by atoms with Crippen LogP contribution in [-0.4, -0.2) is 12.3 Å². The van der Waals surface area contributed by atoms with Crippen LogP contribution in [0.5, 0.6) is 11.5 Å². The molecule has 4 heteroatoms. The Bertz CT molecular complexity index is 1370. The molecule has 0 bridgehead atoms. The molecule has 33 heavy (non-hydrogen) atoms. The highest BCUT2D eigenvalue weighted by molar-refractivity contribution is 6.13. The predicted octanol–water partition coefficient (Wildman–Crippen LogP) is 7.13. The van der Waals surface area contributed by atoms with E-state index < -0.39 is 18.4 Å². The number of aryl methyl sites for hydroxylation is 2. The Hall–Kier alpha value is -3.53. The number of ether oxygens (including phenoxy) is 3. The lowest BCUT2D eigenvalue weighted by atomic mass is 9.91. The smallest absolute Gasteiger partial charge is 0.305 e. The number of carbonyl (C=O) groups excluding carboxylic acids is 1. The van der Waals surface area contributed by atoms with Crippen LogP contribution in [-0.2, 0) is 9.53 Å². The molecule has 0 unspecified atom stereocenters. The van der Waals surface area contributed by atoms with Crippen LogP contribution in [0.3, 0.4) is 0 Å². The van der Waals surface area contributed by atoms with E-state index in [-0.39, 0.29) is 5.92 Å². The van der Waals surface area contributed by atoms with Crippen molar-refractivity contribution in [3.63, 3.8) is 0 Å². The topological polar surface area (TPSA) is 44.8 Å². The molecule has 0 N–H and O–H groups in total. The Morgan fingerprint density at radius 2 is 1.64 bits per heavy atom. The first-order valence-electron chi connectivity index (χ1n) is 11.4. The summed E-state index contributed by atoms with van der Waals surface area (Å²) >= 11 is 0. The van der Waals surface area contributed by atoms with Crippen LogP contribution < -0.4 is 9.47 Å². The second-order valence-corrected chi connectivity index (χ2v) is 9.09. The summed E-state index contributed by atoms with van der Waals surface area (Å²) in [5, 5.41) is 4.46. The van der Waals surface area contributed by atoms with E-state index in [1.54, 1.807) is 0 Å². The highest BCUT2D eigenvalue weighted by Gasteiger charge is 2.38. The molecule has 1 aliphatic heterocycles. The van der Waals surface area contributed by atoms with Gasteiger partial charge in [-0.1, -0.05) is 68.4 Å². The fourth-order valence-corrected chi connectivity index (χ4v) is 4.67. The summed E-state index contributed by atoms with van der Waals surface area (Å²) in [4.78, 5) is 11.9. The third kappa shape index (κ3) is 3.60. The molecule has 5 rings (SSSR count). The molecular weight excluding hydrogens is 412 g/mol. The SMILES string of the molecule is CC(=O)O[C@H]1Oc2c(C(C)C)cc3ccc4c(C)c(C)ccc4c3c2O[C@H]1c1ccccc1. The molecule has 0 saturated heterocycles. The first-order valence-corrected chi connectivity index (χ1v) is 11.4. The molecule has 0 aromatic heterocycles. The lowest BCUT2D eigenvalue weighted by Crippen LogP contribution is -2.37. The Morgan fingerprint density at radius 1 is 0.909 bits per heavy atom. The van der Waals surface area contributed by atoms with Crippen LogP contribution >= 0.6 is 0 Å². The maximum absolute atomic E-state index is 11.9. The summed E-state index contributed by atoms with van der Waals surface area (Å²) in [5.41, 5.74) is 4.43. The number of benzene rings is 4. The maximum atomic E-state index is 11.9. The molecule has 4 nitrogen and oxygen atoms in total. The van der Waals surface area contributed by atoms with Crippen LogP contribution in [0.4, 0.5) is 0 Å². The quantitative estimate of drug-likeness (QED) is 0.251. The van der Waals surface area contributed by atoms with Gasteiger partial charge in [0, 0.05) is 17.9 Å². The van der Waals surface area contributed by atoms with Gasteiger partial charge in [-0.2, -0.15) is 0 Å². The zero-order valence-corrected chi connectivity index (χ0v) is 19.6. The molecule has 0 radical (unpaired) electrons. The van der Waals surface area contributed by atoms with E-state index >= 15 is 0 Å². The standard InChI is InChI=1S/C29H28O4/c1-16(2)24-15-21-12-14-22-18(4)17(3)11-13-23(22)25(21)28-27(24)33-29(31-19(5)30)26(32-28)20-9-7-6-8-10-20/h6-16,26,29H,1-5H3/t26-,29-/m0/s1. The summed E-state index contributed by atoms with van der Waals surface area (Å²) in [5.74, 6) is 1.16. The predicted molar refractivity (Wildman–Crippen MR) is 131 cm³/mol. The third-order valence-corrected chi connectivity index (χ3v) is 6.54. The minimum atomic E-state index is -0.869. The van der Waals surface area contributed by atoms with Crippen molar-refractivity contribution < 1.29 is 19.0 Å². The number of hydrogen-bond acceptors (Lipinski definition) is 4. The Morgan fingerprint density at radius 3 is 2.33 bits per heavy atom. The van der Waals surface area contributed by atoms with Gasteiger partial charge in [-0.3, -0.25) is 4.79 Å². The van der Waals surface area contributed by atoms with E-state index in [2.05, 4.69) is 58.0 Å². The van der Waals surface area contributed by atoms with Gasteiger partial charge in [0.25, 0.3) is 6.29 Å². The van der Waals surface area contributed by atoms with Crippen LogP contribution in [0.15, 0.2) is 60.7 Å². The van der Waals surface area contributed by atoms with Gasteiger partial charge >= 0.3 is 5.97 Å². The summed E-state index contributed by atoms with van der Waals surface area (Å²) in [6.07, 6.45) is -1.44. The molecule has 0 amide bonds. The molecule has 4 aromatic carbocycles.